The van der Waals surface area contributed by atoms with E-state index in [4.69, 9.17) is 4.52 Å². The van der Waals surface area contributed by atoms with E-state index in [-0.39, 0.29) is 0 Å². The van der Waals surface area contributed by atoms with E-state index in [9.17, 15) is 9.18 Å². The van der Waals surface area contributed by atoms with Gasteiger partial charge in [0.25, 0.3) is 5.56 Å². The van der Waals surface area contributed by atoms with Gasteiger partial charge in [0.15, 0.2) is 5.82 Å². The maximum absolute atomic E-state index is 13.3. The van der Waals surface area contributed by atoms with E-state index in [0.29, 0.717) is 23.6 Å². The molecule has 0 bridgehead atoms. The molecule has 0 saturated carbocycles. The molecule has 4 aromatic rings. The minimum Gasteiger partial charge on any atom is -0.364 e. The van der Waals surface area contributed by atoms with Crippen LogP contribution in [0.1, 0.15) is 11.1 Å². The monoisotopic (exact) mass is 350 g/mol. The quantitative estimate of drug-likeness (QED) is 0.612. The Kier molecular flexibility index (Phi) is 3.96. The SMILES string of the molecule is Cc1ccccc1Cn1nc(-c2ccc(F)c(=O)[nH]2)cc1-c1ccon1. The fourth-order valence-corrected chi connectivity index (χ4v) is 2.77. The molecule has 0 saturated heterocycles. The summed E-state index contributed by atoms with van der Waals surface area (Å²) < 4.78 is 20.0. The van der Waals surface area contributed by atoms with Crippen LogP contribution in [0.2, 0.25) is 0 Å². The van der Waals surface area contributed by atoms with Crippen LogP contribution in [0.4, 0.5) is 4.39 Å². The standard InChI is InChI=1S/C19H15FN4O2/c1-12-4-2-3-5-13(12)11-24-18(16-8-9-26-23-16)10-17(22-24)15-7-6-14(20)19(25)21-15/h2-10H,11H2,1H3,(H,21,25). The molecule has 0 atom stereocenters. The summed E-state index contributed by atoms with van der Waals surface area (Å²) in [5, 5.41) is 8.57. The highest BCUT2D eigenvalue weighted by molar-refractivity contribution is 5.64. The van der Waals surface area contributed by atoms with Gasteiger partial charge in [0.2, 0.25) is 0 Å². The number of rotatable bonds is 4. The van der Waals surface area contributed by atoms with Crippen molar-refractivity contribution >= 4 is 0 Å². The number of aromatic amines is 1. The summed E-state index contributed by atoms with van der Waals surface area (Å²) in [6, 6.07) is 14.2. The van der Waals surface area contributed by atoms with Gasteiger partial charge < -0.3 is 9.51 Å². The third kappa shape index (κ3) is 2.95. The van der Waals surface area contributed by atoms with Crippen LogP contribution in [-0.4, -0.2) is 19.9 Å². The second kappa shape index (κ2) is 6.44. The fraction of sp³-hybridized carbons (Fsp3) is 0.105. The van der Waals surface area contributed by atoms with Crippen LogP contribution in [0.3, 0.4) is 0 Å². The Morgan fingerprint density at radius 3 is 2.73 bits per heavy atom. The molecule has 1 aromatic carbocycles. The lowest BCUT2D eigenvalue weighted by Gasteiger charge is -2.08. The molecule has 0 amide bonds. The first-order valence-electron chi connectivity index (χ1n) is 8.04. The number of nitrogens with one attached hydrogen (secondary N) is 1. The van der Waals surface area contributed by atoms with Gasteiger partial charge in [-0.05, 0) is 36.2 Å². The minimum absolute atomic E-state index is 0.435. The Morgan fingerprint density at radius 2 is 2.00 bits per heavy atom. The van der Waals surface area contributed by atoms with E-state index < -0.39 is 11.4 Å². The molecule has 1 N–H and O–H groups in total. The smallest absolute Gasteiger partial charge is 0.284 e. The maximum atomic E-state index is 13.3. The molecule has 26 heavy (non-hydrogen) atoms. The highest BCUT2D eigenvalue weighted by Gasteiger charge is 2.15. The van der Waals surface area contributed by atoms with Gasteiger partial charge in [-0.25, -0.2) is 4.39 Å². The van der Waals surface area contributed by atoms with Crippen LogP contribution in [0.5, 0.6) is 0 Å². The summed E-state index contributed by atoms with van der Waals surface area (Å²) in [4.78, 5) is 14.1. The van der Waals surface area contributed by atoms with Gasteiger partial charge in [0.1, 0.15) is 17.7 Å². The fourth-order valence-electron chi connectivity index (χ4n) is 2.77. The van der Waals surface area contributed by atoms with Crippen LogP contribution < -0.4 is 5.56 Å². The van der Waals surface area contributed by atoms with Gasteiger partial charge in [-0.1, -0.05) is 29.4 Å². The van der Waals surface area contributed by atoms with E-state index in [1.54, 1.807) is 16.8 Å². The van der Waals surface area contributed by atoms with E-state index in [1.165, 1.54) is 12.3 Å². The number of aromatic nitrogens is 4. The zero-order valence-electron chi connectivity index (χ0n) is 13.9. The Labute approximate surface area is 147 Å². The van der Waals surface area contributed by atoms with Gasteiger partial charge >= 0.3 is 0 Å². The number of hydrogen-bond donors (Lipinski definition) is 1. The summed E-state index contributed by atoms with van der Waals surface area (Å²) in [6.07, 6.45) is 1.49. The molecule has 6 nitrogen and oxygen atoms in total. The van der Waals surface area contributed by atoms with Crippen LogP contribution in [-0.2, 0) is 6.54 Å². The van der Waals surface area contributed by atoms with Crippen molar-refractivity contribution in [2.24, 2.45) is 0 Å². The summed E-state index contributed by atoms with van der Waals surface area (Å²) in [5.74, 6) is -0.829. The van der Waals surface area contributed by atoms with Crippen molar-refractivity contribution < 1.29 is 8.91 Å². The van der Waals surface area contributed by atoms with E-state index in [0.717, 1.165) is 22.9 Å². The number of halogens is 1. The Balaban J connectivity index is 1.82. The number of H-pyrrole nitrogens is 1. The van der Waals surface area contributed by atoms with Crippen LogP contribution in [0.15, 0.2) is 64.1 Å². The van der Waals surface area contributed by atoms with Crippen LogP contribution in [0, 0.1) is 12.7 Å². The Bertz CT molecular complexity index is 1110. The Hall–Kier alpha value is -3.48. The van der Waals surface area contributed by atoms with Crippen molar-refractivity contribution in [1.29, 1.82) is 0 Å². The highest BCUT2D eigenvalue weighted by Crippen LogP contribution is 2.25. The summed E-state index contributed by atoms with van der Waals surface area (Å²) >= 11 is 0. The van der Waals surface area contributed by atoms with Crippen molar-refractivity contribution in [2.45, 2.75) is 13.5 Å². The number of hydrogen-bond acceptors (Lipinski definition) is 4. The molecule has 3 heterocycles. The molecule has 130 valence electrons. The van der Waals surface area contributed by atoms with E-state index in [1.807, 2.05) is 31.2 Å². The first-order chi connectivity index (χ1) is 12.6. The molecule has 7 heteroatoms. The normalized spacial score (nSPS) is 11.0. The van der Waals surface area contributed by atoms with Crippen molar-refractivity contribution in [3.63, 3.8) is 0 Å². The zero-order chi connectivity index (χ0) is 18.1. The van der Waals surface area contributed by atoms with Crippen molar-refractivity contribution in [3.05, 3.63) is 82.1 Å². The van der Waals surface area contributed by atoms with Crippen molar-refractivity contribution in [2.75, 3.05) is 0 Å². The third-order valence-electron chi connectivity index (χ3n) is 4.20. The molecule has 0 fully saturated rings. The van der Waals surface area contributed by atoms with E-state index in [2.05, 4.69) is 15.2 Å². The molecule has 0 spiro atoms. The van der Waals surface area contributed by atoms with Crippen molar-refractivity contribution in [1.82, 2.24) is 19.9 Å². The second-order valence-corrected chi connectivity index (χ2v) is 5.93. The summed E-state index contributed by atoms with van der Waals surface area (Å²) in [5.41, 5.74) is 3.80. The highest BCUT2D eigenvalue weighted by atomic mass is 19.1. The summed E-state index contributed by atoms with van der Waals surface area (Å²) in [7, 11) is 0. The van der Waals surface area contributed by atoms with Gasteiger partial charge in [-0.15, -0.1) is 0 Å². The molecular weight excluding hydrogens is 335 g/mol. The average Bonchev–Trinajstić information content (AvgIpc) is 3.29. The summed E-state index contributed by atoms with van der Waals surface area (Å²) in [6.45, 7) is 2.56. The number of benzene rings is 1. The Morgan fingerprint density at radius 1 is 1.15 bits per heavy atom. The zero-order valence-corrected chi connectivity index (χ0v) is 13.9. The lowest BCUT2D eigenvalue weighted by Crippen LogP contribution is -2.10. The van der Waals surface area contributed by atoms with Crippen LogP contribution in [0.25, 0.3) is 22.8 Å². The van der Waals surface area contributed by atoms with Crippen molar-refractivity contribution in [3.8, 4) is 22.8 Å². The first-order valence-corrected chi connectivity index (χ1v) is 8.04. The predicted octanol–water partition coefficient (Wildman–Crippen LogP) is 3.39. The minimum atomic E-state index is -0.829. The molecule has 0 aliphatic rings. The molecular formula is C19H15FN4O2. The predicted molar refractivity (Wildman–Crippen MR) is 94.0 cm³/mol. The lowest BCUT2D eigenvalue weighted by atomic mass is 10.1. The molecule has 3 aromatic heterocycles. The van der Waals surface area contributed by atoms with Gasteiger partial charge in [-0.3, -0.25) is 9.48 Å². The van der Waals surface area contributed by atoms with E-state index >= 15 is 0 Å². The topological polar surface area (TPSA) is 76.7 Å². The molecule has 0 radical (unpaired) electrons. The molecule has 0 unspecified atom stereocenters. The third-order valence-corrected chi connectivity index (χ3v) is 4.20. The number of nitrogens with zero attached hydrogens (tertiary/aromatic N) is 3. The molecule has 4 rings (SSSR count). The largest absolute Gasteiger partial charge is 0.364 e. The first kappa shape index (κ1) is 16.0. The average molecular weight is 350 g/mol. The molecule has 0 aliphatic carbocycles. The van der Waals surface area contributed by atoms with Crippen LogP contribution >= 0.6 is 0 Å². The molecule has 0 aliphatic heterocycles. The second-order valence-electron chi connectivity index (χ2n) is 5.93. The number of aryl methyl sites for hydroxylation is 1. The maximum Gasteiger partial charge on any atom is 0.284 e. The lowest BCUT2D eigenvalue weighted by molar-refractivity contribution is 0.421. The van der Waals surface area contributed by atoms with Gasteiger partial charge in [-0.2, -0.15) is 5.10 Å². The van der Waals surface area contributed by atoms with Gasteiger partial charge in [0, 0.05) is 6.07 Å². The number of pyridine rings is 1. The van der Waals surface area contributed by atoms with Gasteiger partial charge in [0.05, 0.1) is 17.9 Å².